The Bertz CT molecular complexity index is 3550. The number of nitrogens with zero attached hydrogens (tertiary/aromatic N) is 2. The Hall–Kier alpha value is -8.14. The molecule has 286 valence electrons. The molecular formula is C58H38N2O. The van der Waals surface area contributed by atoms with Gasteiger partial charge < -0.3 is 13.9 Å². The molecule has 12 aromatic rings. The molecular weight excluding hydrogens is 741 g/mol. The maximum Gasteiger partial charge on any atom is 0.136 e. The summed E-state index contributed by atoms with van der Waals surface area (Å²) >= 11 is 0. The predicted molar refractivity (Wildman–Crippen MR) is 257 cm³/mol. The standard InChI is InChI=1S/C58H38N2O/c1-2-20-47-40(14-1)15-12-25-48(47)42-17-11-16-41(36-42)39-30-33-44(34-31-39)59(45-18-13-19-46(38-45)60-55-27-8-4-22-50(55)51-23-5-9-28-56(51)60)54-26-7-3-21-49(54)43-32-35-53-52-24-6-10-29-57(52)61-58(53)37-43/h1-38H. The molecule has 10 aromatic carbocycles. The SMILES string of the molecule is c1cc(-c2ccc(N(c3cccc(-n4c5ccccc5c5ccccc54)c3)c3ccccc3-c3ccc4c(c3)oc3ccccc34)cc2)cc(-c2cccc3ccccc23)c1. The summed E-state index contributed by atoms with van der Waals surface area (Å²) in [7, 11) is 0. The average molecular weight is 779 g/mol. The molecule has 12 rings (SSSR count). The summed E-state index contributed by atoms with van der Waals surface area (Å²) in [6.07, 6.45) is 0. The van der Waals surface area contributed by atoms with E-state index in [1.54, 1.807) is 0 Å². The molecule has 3 heteroatoms. The molecule has 0 fully saturated rings. The first-order chi connectivity index (χ1) is 30.2. The molecule has 0 aliphatic heterocycles. The molecule has 0 bridgehead atoms. The second-order valence-electron chi connectivity index (χ2n) is 15.7. The van der Waals surface area contributed by atoms with Crippen LogP contribution in [-0.2, 0) is 0 Å². The van der Waals surface area contributed by atoms with Gasteiger partial charge in [-0.25, -0.2) is 0 Å². The van der Waals surface area contributed by atoms with Gasteiger partial charge >= 0.3 is 0 Å². The summed E-state index contributed by atoms with van der Waals surface area (Å²) < 4.78 is 8.80. The van der Waals surface area contributed by atoms with Crippen molar-refractivity contribution in [3.8, 4) is 39.1 Å². The predicted octanol–water partition coefficient (Wildman–Crippen LogP) is 16.3. The van der Waals surface area contributed by atoms with Crippen molar-refractivity contribution in [3.63, 3.8) is 0 Å². The molecule has 2 heterocycles. The van der Waals surface area contributed by atoms with E-state index in [0.717, 1.165) is 61.4 Å². The summed E-state index contributed by atoms with van der Waals surface area (Å²) in [5, 5.41) is 7.24. The van der Waals surface area contributed by atoms with Crippen LogP contribution >= 0.6 is 0 Å². The Kier molecular flexibility index (Phi) is 8.17. The van der Waals surface area contributed by atoms with Gasteiger partial charge in [0.2, 0.25) is 0 Å². The van der Waals surface area contributed by atoms with Gasteiger partial charge in [-0.2, -0.15) is 0 Å². The summed E-state index contributed by atoms with van der Waals surface area (Å²) in [5.41, 5.74) is 15.4. The normalized spacial score (nSPS) is 11.6. The van der Waals surface area contributed by atoms with E-state index in [9.17, 15) is 0 Å². The van der Waals surface area contributed by atoms with E-state index in [2.05, 4.69) is 228 Å². The number of furan rings is 1. The molecule has 0 N–H and O–H groups in total. The average Bonchev–Trinajstić information content (AvgIpc) is 3.87. The van der Waals surface area contributed by atoms with Gasteiger partial charge in [0.15, 0.2) is 0 Å². The second-order valence-corrected chi connectivity index (χ2v) is 15.7. The van der Waals surface area contributed by atoms with Crippen LogP contribution in [0.25, 0.3) is 93.6 Å². The van der Waals surface area contributed by atoms with Crippen LogP contribution in [0, 0.1) is 0 Å². The molecule has 0 aliphatic rings. The van der Waals surface area contributed by atoms with Crippen molar-refractivity contribution in [1.82, 2.24) is 4.57 Å². The third-order valence-corrected chi connectivity index (χ3v) is 12.2. The van der Waals surface area contributed by atoms with Crippen LogP contribution in [0.5, 0.6) is 0 Å². The van der Waals surface area contributed by atoms with Crippen LogP contribution < -0.4 is 4.90 Å². The molecule has 0 saturated carbocycles. The monoisotopic (exact) mass is 778 g/mol. The Morgan fingerprint density at radius 2 is 0.918 bits per heavy atom. The first kappa shape index (κ1) is 34.9. The maximum atomic E-state index is 6.41. The number of benzene rings is 10. The van der Waals surface area contributed by atoms with Crippen molar-refractivity contribution in [1.29, 1.82) is 0 Å². The zero-order valence-electron chi connectivity index (χ0n) is 33.2. The quantitative estimate of drug-likeness (QED) is 0.161. The van der Waals surface area contributed by atoms with Crippen LogP contribution in [0.15, 0.2) is 235 Å². The highest BCUT2D eigenvalue weighted by atomic mass is 16.3. The fourth-order valence-electron chi connectivity index (χ4n) is 9.35. The van der Waals surface area contributed by atoms with Gasteiger partial charge in [-0.15, -0.1) is 0 Å². The first-order valence-electron chi connectivity index (χ1n) is 20.8. The van der Waals surface area contributed by atoms with E-state index < -0.39 is 0 Å². The lowest BCUT2D eigenvalue weighted by Crippen LogP contribution is -2.11. The number of rotatable bonds is 7. The van der Waals surface area contributed by atoms with Crippen LogP contribution in [0.1, 0.15) is 0 Å². The summed E-state index contributed by atoms with van der Waals surface area (Å²) in [5.74, 6) is 0. The summed E-state index contributed by atoms with van der Waals surface area (Å²) in [6.45, 7) is 0. The number of para-hydroxylation sites is 4. The molecule has 0 radical (unpaired) electrons. The number of aromatic nitrogens is 1. The topological polar surface area (TPSA) is 21.3 Å². The highest BCUT2D eigenvalue weighted by molar-refractivity contribution is 6.10. The number of anilines is 3. The summed E-state index contributed by atoms with van der Waals surface area (Å²) in [6, 6.07) is 83.0. The minimum atomic E-state index is 0.878. The fourth-order valence-corrected chi connectivity index (χ4v) is 9.35. The molecule has 0 unspecified atom stereocenters. The van der Waals surface area contributed by atoms with Crippen molar-refractivity contribution in [3.05, 3.63) is 231 Å². The largest absolute Gasteiger partial charge is 0.456 e. The Balaban J connectivity index is 1.01. The van der Waals surface area contributed by atoms with E-state index in [-0.39, 0.29) is 0 Å². The Morgan fingerprint density at radius 3 is 1.75 bits per heavy atom. The van der Waals surface area contributed by atoms with Crippen molar-refractivity contribution >= 4 is 71.6 Å². The van der Waals surface area contributed by atoms with Gasteiger partial charge in [0, 0.05) is 44.2 Å². The van der Waals surface area contributed by atoms with E-state index in [1.165, 1.54) is 49.3 Å². The van der Waals surface area contributed by atoms with Crippen LogP contribution in [-0.4, -0.2) is 4.57 Å². The van der Waals surface area contributed by atoms with E-state index in [4.69, 9.17) is 4.42 Å². The van der Waals surface area contributed by atoms with E-state index in [0.29, 0.717) is 0 Å². The van der Waals surface area contributed by atoms with Gasteiger partial charge in [-0.3, -0.25) is 0 Å². The first-order valence-corrected chi connectivity index (χ1v) is 20.8. The van der Waals surface area contributed by atoms with Gasteiger partial charge in [0.05, 0.1) is 16.7 Å². The highest BCUT2D eigenvalue weighted by Gasteiger charge is 2.20. The zero-order valence-corrected chi connectivity index (χ0v) is 33.2. The zero-order chi connectivity index (χ0) is 40.3. The molecule has 0 saturated heterocycles. The van der Waals surface area contributed by atoms with E-state index >= 15 is 0 Å². The maximum absolute atomic E-state index is 6.41. The fraction of sp³-hybridized carbons (Fsp3) is 0. The molecule has 0 atom stereocenters. The van der Waals surface area contributed by atoms with Gasteiger partial charge in [-0.05, 0) is 111 Å². The van der Waals surface area contributed by atoms with Crippen LogP contribution in [0.3, 0.4) is 0 Å². The number of fused-ring (bicyclic) bond motifs is 7. The third-order valence-electron chi connectivity index (χ3n) is 12.2. The van der Waals surface area contributed by atoms with Crippen molar-refractivity contribution in [2.45, 2.75) is 0 Å². The Labute approximate surface area is 353 Å². The van der Waals surface area contributed by atoms with Crippen LogP contribution in [0.4, 0.5) is 17.1 Å². The second kappa shape index (κ2) is 14.3. The minimum Gasteiger partial charge on any atom is -0.456 e. The smallest absolute Gasteiger partial charge is 0.136 e. The molecule has 0 aliphatic carbocycles. The molecule has 3 nitrogen and oxygen atoms in total. The van der Waals surface area contributed by atoms with Gasteiger partial charge in [0.1, 0.15) is 11.2 Å². The van der Waals surface area contributed by atoms with Crippen molar-refractivity contribution in [2.24, 2.45) is 0 Å². The van der Waals surface area contributed by atoms with Crippen molar-refractivity contribution in [2.75, 3.05) is 4.90 Å². The number of hydrogen-bond acceptors (Lipinski definition) is 2. The van der Waals surface area contributed by atoms with Gasteiger partial charge in [0.25, 0.3) is 0 Å². The molecule has 0 spiro atoms. The lowest BCUT2D eigenvalue weighted by Gasteiger charge is -2.28. The third kappa shape index (κ3) is 5.90. The molecule has 0 amide bonds. The van der Waals surface area contributed by atoms with Crippen molar-refractivity contribution < 1.29 is 4.42 Å². The number of hydrogen-bond donors (Lipinski definition) is 0. The molecule has 61 heavy (non-hydrogen) atoms. The van der Waals surface area contributed by atoms with Crippen LogP contribution in [0.2, 0.25) is 0 Å². The highest BCUT2D eigenvalue weighted by Crippen LogP contribution is 2.44. The Morgan fingerprint density at radius 1 is 0.328 bits per heavy atom. The summed E-state index contributed by atoms with van der Waals surface area (Å²) in [4.78, 5) is 2.39. The molecule has 2 aromatic heterocycles. The lowest BCUT2D eigenvalue weighted by molar-refractivity contribution is 0.669. The minimum absolute atomic E-state index is 0.878. The van der Waals surface area contributed by atoms with E-state index in [1.807, 2.05) is 12.1 Å². The van der Waals surface area contributed by atoms with Gasteiger partial charge in [-0.1, -0.05) is 158 Å². The lowest BCUT2D eigenvalue weighted by atomic mass is 9.95.